The van der Waals surface area contributed by atoms with Gasteiger partial charge in [-0.1, -0.05) is 30.3 Å². The van der Waals surface area contributed by atoms with Gasteiger partial charge in [-0.15, -0.1) is 0 Å². The molecule has 1 atom stereocenters. The Hall–Kier alpha value is -1.33. The van der Waals surface area contributed by atoms with Crippen LogP contribution in [0.1, 0.15) is 18.6 Å². The van der Waals surface area contributed by atoms with E-state index in [4.69, 9.17) is 10.00 Å². The number of ether oxygens (including phenoxy) is 1. The minimum Gasteiger partial charge on any atom is -0.359 e. The normalized spacial score (nSPS) is 12.0. The molecule has 2 heteroatoms. The highest BCUT2D eigenvalue weighted by Crippen LogP contribution is 2.14. The summed E-state index contributed by atoms with van der Waals surface area (Å²) in [5, 5.41) is 8.74. The van der Waals surface area contributed by atoms with Crippen LogP contribution >= 0.6 is 0 Å². The van der Waals surface area contributed by atoms with Gasteiger partial charge in [0.05, 0.1) is 6.07 Å². The second-order valence-corrected chi connectivity index (χ2v) is 2.38. The molecule has 12 heavy (non-hydrogen) atoms. The fourth-order valence-corrected chi connectivity index (χ4v) is 1.00. The SMILES string of the molecule is CCO[C@H](C#N)c1ccccc1. The summed E-state index contributed by atoms with van der Waals surface area (Å²) in [6, 6.07) is 11.6. The highest BCUT2D eigenvalue weighted by Gasteiger charge is 2.07. The van der Waals surface area contributed by atoms with Crippen molar-refractivity contribution in [2.24, 2.45) is 0 Å². The Bertz CT molecular complexity index is 263. The monoisotopic (exact) mass is 161 g/mol. The molecule has 0 aliphatic carbocycles. The third-order valence-corrected chi connectivity index (χ3v) is 1.55. The van der Waals surface area contributed by atoms with Crippen molar-refractivity contribution < 1.29 is 4.74 Å². The standard InChI is InChI=1S/C10H11NO/c1-2-12-10(8-11)9-6-4-3-5-7-9/h3-7,10H,2H2,1H3/t10-/m1/s1. The van der Waals surface area contributed by atoms with Gasteiger partial charge >= 0.3 is 0 Å². The molecular weight excluding hydrogens is 150 g/mol. The van der Waals surface area contributed by atoms with Crippen LogP contribution in [0.3, 0.4) is 0 Å². The maximum Gasteiger partial charge on any atom is 0.169 e. The van der Waals surface area contributed by atoms with Crippen LogP contribution in [0, 0.1) is 11.3 Å². The second kappa shape index (κ2) is 4.53. The Kier molecular flexibility index (Phi) is 3.31. The van der Waals surface area contributed by atoms with Gasteiger partial charge in [0, 0.05) is 6.61 Å². The quantitative estimate of drug-likeness (QED) is 0.681. The van der Waals surface area contributed by atoms with E-state index in [1.165, 1.54) is 0 Å². The number of hydrogen-bond acceptors (Lipinski definition) is 2. The van der Waals surface area contributed by atoms with Crippen molar-refractivity contribution >= 4 is 0 Å². The molecule has 2 nitrogen and oxygen atoms in total. The Morgan fingerprint density at radius 1 is 1.42 bits per heavy atom. The van der Waals surface area contributed by atoms with Gasteiger partial charge in [-0.25, -0.2) is 0 Å². The number of nitrogens with zero attached hydrogens (tertiary/aromatic N) is 1. The van der Waals surface area contributed by atoms with E-state index in [0.717, 1.165) is 5.56 Å². The first kappa shape index (κ1) is 8.76. The lowest BCUT2D eigenvalue weighted by Gasteiger charge is -2.07. The summed E-state index contributed by atoms with van der Waals surface area (Å²) in [6.45, 7) is 2.44. The van der Waals surface area contributed by atoms with E-state index in [-0.39, 0.29) is 0 Å². The van der Waals surface area contributed by atoms with E-state index < -0.39 is 6.10 Å². The molecule has 0 bridgehead atoms. The highest BCUT2D eigenvalue weighted by atomic mass is 16.5. The predicted octanol–water partition coefficient (Wildman–Crippen LogP) is 2.29. The average Bonchev–Trinajstić information content (AvgIpc) is 2.15. The molecule has 0 heterocycles. The molecule has 0 N–H and O–H groups in total. The van der Waals surface area contributed by atoms with Crippen molar-refractivity contribution in [2.75, 3.05) is 6.61 Å². The summed E-state index contributed by atoms with van der Waals surface area (Å²) in [5.74, 6) is 0. The molecule has 0 unspecified atom stereocenters. The zero-order valence-electron chi connectivity index (χ0n) is 7.03. The van der Waals surface area contributed by atoms with Gasteiger partial charge in [0.2, 0.25) is 0 Å². The molecule has 1 rings (SSSR count). The molecule has 0 aromatic heterocycles. The molecule has 0 saturated heterocycles. The third-order valence-electron chi connectivity index (χ3n) is 1.55. The van der Waals surface area contributed by atoms with Crippen LogP contribution in [0.4, 0.5) is 0 Å². The summed E-state index contributed by atoms with van der Waals surface area (Å²) in [5.41, 5.74) is 0.918. The lowest BCUT2D eigenvalue weighted by molar-refractivity contribution is 0.102. The zero-order valence-corrected chi connectivity index (χ0v) is 7.03. The van der Waals surface area contributed by atoms with Crippen molar-refractivity contribution in [3.05, 3.63) is 35.9 Å². The van der Waals surface area contributed by atoms with Crippen molar-refractivity contribution in [2.45, 2.75) is 13.0 Å². The van der Waals surface area contributed by atoms with Crippen LogP contribution in [-0.2, 0) is 4.74 Å². The van der Waals surface area contributed by atoms with E-state index in [9.17, 15) is 0 Å². The van der Waals surface area contributed by atoms with Crippen LogP contribution < -0.4 is 0 Å². The fourth-order valence-electron chi connectivity index (χ4n) is 1.00. The smallest absolute Gasteiger partial charge is 0.169 e. The largest absolute Gasteiger partial charge is 0.359 e. The summed E-state index contributed by atoms with van der Waals surface area (Å²) >= 11 is 0. The zero-order chi connectivity index (χ0) is 8.81. The summed E-state index contributed by atoms with van der Waals surface area (Å²) in [6.07, 6.45) is -0.420. The van der Waals surface area contributed by atoms with E-state index in [2.05, 4.69) is 6.07 Å². The Morgan fingerprint density at radius 3 is 2.58 bits per heavy atom. The van der Waals surface area contributed by atoms with Crippen molar-refractivity contribution in [1.29, 1.82) is 5.26 Å². The topological polar surface area (TPSA) is 33.0 Å². The Labute approximate surface area is 72.4 Å². The third kappa shape index (κ3) is 2.08. The van der Waals surface area contributed by atoms with Gasteiger partial charge in [-0.3, -0.25) is 0 Å². The number of hydrogen-bond donors (Lipinski definition) is 0. The number of benzene rings is 1. The average molecular weight is 161 g/mol. The van der Waals surface area contributed by atoms with Crippen molar-refractivity contribution in [1.82, 2.24) is 0 Å². The van der Waals surface area contributed by atoms with Gasteiger partial charge in [-0.05, 0) is 12.5 Å². The number of rotatable bonds is 3. The molecule has 0 radical (unpaired) electrons. The van der Waals surface area contributed by atoms with E-state index in [1.807, 2.05) is 37.3 Å². The fraction of sp³-hybridized carbons (Fsp3) is 0.300. The molecule has 0 fully saturated rings. The van der Waals surface area contributed by atoms with E-state index >= 15 is 0 Å². The van der Waals surface area contributed by atoms with Gasteiger partial charge < -0.3 is 4.74 Å². The molecule has 62 valence electrons. The van der Waals surface area contributed by atoms with Gasteiger partial charge in [0.1, 0.15) is 0 Å². The molecular formula is C10H11NO. The molecule has 0 amide bonds. The molecule has 1 aromatic carbocycles. The lowest BCUT2D eigenvalue weighted by atomic mass is 10.1. The van der Waals surface area contributed by atoms with E-state index in [0.29, 0.717) is 6.61 Å². The first-order valence-electron chi connectivity index (χ1n) is 3.94. The molecule has 0 saturated carbocycles. The first-order valence-corrected chi connectivity index (χ1v) is 3.94. The molecule has 0 aliphatic rings. The van der Waals surface area contributed by atoms with E-state index in [1.54, 1.807) is 0 Å². The van der Waals surface area contributed by atoms with Crippen LogP contribution in [0.5, 0.6) is 0 Å². The summed E-state index contributed by atoms with van der Waals surface area (Å²) in [7, 11) is 0. The Morgan fingerprint density at radius 2 is 2.08 bits per heavy atom. The van der Waals surface area contributed by atoms with Gasteiger partial charge in [0.15, 0.2) is 6.10 Å². The maximum absolute atomic E-state index is 8.74. The summed E-state index contributed by atoms with van der Waals surface area (Å²) < 4.78 is 5.22. The minimum atomic E-state index is -0.420. The summed E-state index contributed by atoms with van der Waals surface area (Å²) in [4.78, 5) is 0. The molecule has 1 aromatic rings. The van der Waals surface area contributed by atoms with Crippen LogP contribution in [0.25, 0.3) is 0 Å². The second-order valence-electron chi connectivity index (χ2n) is 2.38. The first-order chi connectivity index (χ1) is 5.88. The van der Waals surface area contributed by atoms with Gasteiger partial charge in [-0.2, -0.15) is 5.26 Å². The van der Waals surface area contributed by atoms with Gasteiger partial charge in [0.25, 0.3) is 0 Å². The minimum absolute atomic E-state index is 0.420. The Balaban J connectivity index is 2.75. The molecule has 0 aliphatic heterocycles. The maximum atomic E-state index is 8.74. The van der Waals surface area contributed by atoms with Crippen LogP contribution in [-0.4, -0.2) is 6.61 Å². The molecule has 0 spiro atoms. The highest BCUT2D eigenvalue weighted by molar-refractivity contribution is 5.21. The van der Waals surface area contributed by atoms with Crippen LogP contribution in [0.15, 0.2) is 30.3 Å². The number of nitriles is 1. The van der Waals surface area contributed by atoms with Crippen LogP contribution in [0.2, 0.25) is 0 Å². The van der Waals surface area contributed by atoms with Crippen molar-refractivity contribution in [3.63, 3.8) is 0 Å². The lowest BCUT2D eigenvalue weighted by Crippen LogP contribution is -2.00. The van der Waals surface area contributed by atoms with Crippen molar-refractivity contribution in [3.8, 4) is 6.07 Å². The predicted molar refractivity (Wildman–Crippen MR) is 46.4 cm³/mol.